The summed E-state index contributed by atoms with van der Waals surface area (Å²) in [4.78, 5) is 26.1. The van der Waals surface area contributed by atoms with E-state index in [0.717, 1.165) is 31.2 Å². The van der Waals surface area contributed by atoms with Crippen LogP contribution in [0.3, 0.4) is 0 Å². The average Bonchev–Trinajstić information content (AvgIpc) is 3.35. The van der Waals surface area contributed by atoms with E-state index >= 15 is 0 Å². The van der Waals surface area contributed by atoms with Crippen LogP contribution in [0.4, 0.5) is 4.39 Å². The van der Waals surface area contributed by atoms with Crippen molar-refractivity contribution < 1.29 is 13.6 Å². The molecule has 2 heterocycles. The summed E-state index contributed by atoms with van der Waals surface area (Å²) in [5, 5.41) is 9.27. The summed E-state index contributed by atoms with van der Waals surface area (Å²) in [6.07, 6.45) is 3.51. The number of benzene rings is 1. The van der Waals surface area contributed by atoms with Gasteiger partial charge in [0.2, 0.25) is 11.8 Å². The molecule has 1 aliphatic carbocycles. The van der Waals surface area contributed by atoms with E-state index in [-0.39, 0.29) is 23.7 Å². The maximum atomic E-state index is 13.3. The lowest BCUT2D eigenvalue weighted by molar-refractivity contribution is -0.127. The molecule has 1 saturated carbocycles. The van der Waals surface area contributed by atoms with Crippen molar-refractivity contribution in [2.75, 3.05) is 13.1 Å². The van der Waals surface area contributed by atoms with Crippen molar-refractivity contribution >= 4 is 5.91 Å². The average molecular weight is 360 g/mol. The van der Waals surface area contributed by atoms with Crippen LogP contribution in [0, 0.1) is 5.82 Å². The molecule has 138 valence electrons. The van der Waals surface area contributed by atoms with Crippen LogP contribution < -0.4 is 11.1 Å². The summed E-state index contributed by atoms with van der Waals surface area (Å²) < 4.78 is 18.4. The number of halogens is 1. The number of rotatable bonds is 5. The van der Waals surface area contributed by atoms with Gasteiger partial charge < -0.3 is 9.73 Å². The van der Waals surface area contributed by atoms with Crippen LogP contribution >= 0.6 is 0 Å². The molecule has 26 heavy (non-hydrogen) atoms. The number of hydrogen-bond donors (Lipinski definition) is 2. The molecule has 1 amide bonds. The Bertz CT molecular complexity index is 819. The molecule has 8 heteroatoms. The molecule has 0 unspecified atom stereocenters. The van der Waals surface area contributed by atoms with E-state index in [1.807, 2.05) is 0 Å². The number of H-pyrrole nitrogens is 1. The van der Waals surface area contributed by atoms with Gasteiger partial charge in [-0.3, -0.25) is 9.69 Å². The number of carbonyl (C=O) groups excluding carboxylic acids is 1. The first-order chi connectivity index (χ1) is 12.6. The molecule has 1 aliphatic heterocycles. The summed E-state index contributed by atoms with van der Waals surface area (Å²) >= 11 is 0. The lowest BCUT2D eigenvalue weighted by atomic mass is 9.93. The number of aromatic nitrogens is 2. The lowest BCUT2D eigenvalue weighted by Crippen LogP contribution is -2.44. The van der Waals surface area contributed by atoms with E-state index < -0.39 is 11.8 Å². The minimum absolute atomic E-state index is 0.0381. The fraction of sp³-hybridized carbons (Fsp3) is 0.500. The third-order valence-electron chi connectivity index (χ3n) is 5.06. The molecule has 0 spiro atoms. The molecule has 2 aromatic rings. The quantitative estimate of drug-likeness (QED) is 0.847. The van der Waals surface area contributed by atoms with Crippen LogP contribution in [0.5, 0.6) is 0 Å². The fourth-order valence-electron chi connectivity index (χ4n) is 3.50. The molecule has 2 N–H and O–H groups in total. The van der Waals surface area contributed by atoms with Gasteiger partial charge in [-0.2, -0.15) is 0 Å². The maximum absolute atomic E-state index is 13.3. The van der Waals surface area contributed by atoms with Gasteiger partial charge in [-0.15, -0.1) is 5.10 Å². The molecule has 0 bridgehead atoms. The molecule has 1 saturated heterocycles. The number of nitrogens with one attached hydrogen (secondary N) is 2. The Morgan fingerprint density at radius 1 is 1.23 bits per heavy atom. The van der Waals surface area contributed by atoms with E-state index in [0.29, 0.717) is 19.0 Å². The highest BCUT2D eigenvalue weighted by Crippen LogP contribution is 2.32. The molecule has 2 fully saturated rings. The van der Waals surface area contributed by atoms with Gasteiger partial charge in [-0.1, -0.05) is 12.1 Å². The van der Waals surface area contributed by atoms with Crippen molar-refractivity contribution in [2.45, 2.75) is 43.7 Å². The summed E-state index contributed by atoms with van der Waals surface area (Å²) in [6.45, 7) is 1.34. The van der Waals surface area contributed by atoms with Gasteiger partial charge in [0.25, 0.3) is 0 Å². The van der Waals surface area contributed by atoms with Crippen molar-refractivity contribution in [3.05, 3.63) is 52.1 Å². The van der Waals surface area contributed by atoms with Crippen LogP contribution in [0.2, 0.25) is 0 Å². The zero-order valence-corrected chi connectivity index (χ0v) is 14.3. The first kappa shape index (κ1) is 17.0. The largest absolute Gasteiger partial charge is 0.434 e. The van der Waals surface area contributed by atoms with Gasteiger partial charge in [-0.05, 0) is 56.5 Å². The van der Waals surface area contributed by atoms with E-state index in [4.69, 9.17) is 4.42 Å². The summed E-state index contributed by atoms with van der Waals surface area (Å²) in [5.41, 5.74) is 0.786. The lowest BCUT2D eigenvalue weighted by Gasteiger charge is -2.36. The Morgan fingerprint density at radius 3 is 2.50 bits per heavy atom. The minimum atomic E-state index is -0.546. The van der Waals surface area contributed by atoms with Crippen molar-refractivity contribution in [3.8, 4) is 0 Å². The third-order valence-corrected chi connectivity index (χ3v) is 5.06. The number of hydrogen-bond acceptors (Lipinski definition) is 5. The summed E-state index contributed by atoms with van der Waals surface area (Å²) in [5.74, 6) is -0.414. The standard InChI is InChI=1S/C18H21FN4O3/c19-13-3-1-11(2-4-13)15(16(24)20-14-5-6-14)23-9-7-12(8-10-23)17-21-22-18(25)26-17/h1-4,12,14-15H,5-10H2,(H,20,24)(H,22,25)/t15-/m0/s1. The first-order valence-electron chi connectivity index (χ1n) is 8.95. The normalized spacial score (nSPS) is 20.0. The number of aromatic amines is 1. The van der Waals surface area contributed by atoms with E-state index in [1.165, 1.54) is 12.1 Å². The monoisotopic (exact) mass is 360 g/mol. The van der Waals surface area contributed by atoms with Crippen LogP contribution in [-0.2, 0) is 4.79 Å². The molecule has 1 atom stereocenters. The number of nitrogens with zero attached hydrogens (tertiary/aromatic N) is 2. The highest BCUT2D eigenvalue weighted by Gasteiger charge is 2.35. The predicted molar refractivity (Wildman–Crippen MR) is 91.0 cm³/mol. The number of carbonyl (C=O) groups is 1. The molecular weight excluding hydrogens is 339 g/mol. The second kappa shape index (κ2) is 7.03. The highest BCUT2D eigenvalue weighted by atomic mass is 19.1. The summed E-state index contributed by atoms with van der Waals surface area (Å²) in [7, 11) is 0. The number of amides is 1. The Balaban J connectivity index is 1.49. The highest BCUT2D eigenvalue weighted by molar-refractivity contribution is 5.83. The number of piperidine rings is 1. The topological polar surface area (TPSA) is 91.2 Å². The molecule has 2 aliphatic rings. The molecule has 4 rings (SSSR count). The summed E-state index contributed by atoms with van der Waals surface area (Å²) in [6, 6.07) is 5.94. The zero-order chi connectivity index (χ0) is 18.1. The predicted octanol–water partition coefficient (Wildman–Crippen LogP) is 1.70. The SMILES string of the molecule is O=C(NC1CC1)[C@H](c1ccc(F)cc1)N1CCC(c2n[nH]c(=O)o2)CC1. The van der Waals surface area contributed by atoms with Gasteiger partial charge in [0, 0.05) is 12.0 Å². The maximum Gasteiger partial charge on any atom is 0.434 e. The molecular formula is C18H21FN4O3. The first-order valence-corrected chi connectivity index (χ1v) is 8.95. The van der Waals surface area contributed by atoms with E-state index in [1.54, 1.807) is 12.1 Å². The van der Waals surface area contributed by atoms with Crippen LogP contribution in [0.1, 0.15) is 49.1 Å². The second-order valence-corrected chi connectivity index (χ2v) is 7.00. The molecule has 1 aromatic heterocycles. The number of likely N-dealkylation sites (tertiary alicyclic amines) is 1. The van der Waals surface area contributed by atoms with Gasteiger partial charge in [0.15, 0.2) is 0 Å². The van der Waals surface area contributed by atoms with Crippen molar-refractivity contribution in [2.24, 2.45) is 0 Å². The Labute approximate surface area is 149 Å². The Kier molecular flexibility index (Phi) is 4.58. The molecule has 0 radical (unpaired) electrons. The van der Waals surface area contributed by atoms with Gasteiger partial charge in [-0.25, -0.2) is 14.3 Å². The molecule has 1 aromatic carbocycles. The second-order valence-electron chi connectivity index (χ2n) is 7.00. The van der Waals surface area contributed by atoms with Crippen LogP contribution in [0.25, 0.3) is 0 Å². The van der Waals surface area contributed by atoms with Crippen LogP contribution in [-0.4, -0.2) is 40.1 Å². The van der Waals surface area contributed by atoms with Crippen LogP contribution in [0.15, 0.2) is 33.5 Å². The fourth-order valence-corrected chi connectivity index (χ4v) is 3.50. The Morgan fingerprint density at radius 2 is 1.92 bits per heavy atom. The van der Waals surface area contributed by atoms with Crippen molar-refractivity contribution in [3.63, 3.8) is 0 Å². The van der Waals surface area contributed by atoms with E-state index in [2.05, 4.69) is 20.4 Å². The minimum Gasteiger partial charge on any atom is -0.392 e. The van der Waals surface area contributed by atoms with Crippen molar-refractivity contribution in [1.29, 1.82) is 0 Å². The zero-order valence-electron chi connectivity index (χ0n) is 14.3. The Hall–Kier alpha value is -2.48. The van der Waals surface area contributed by atoms with Crippen molar-refractivity contribution in [1.82, 2.24) is 20.4 Å². The molecule has 7 nitrogen and oxygen atoms in total. The van der Waals surface area contributed by atoms with Gasteiger partial charge >= 0.3 is 5.76 Å². The van der Waals surface area contributed by atoms with E-state index in [9.17, 15) is 14.0 Å². The van der Waals surface area contributed by atoms with Gasteiger partial charge in [0.05, 0.1) is 0 Å². The van der Waals surface area contributed by atoms with Gasteiger partial charge in [0.1, 0.15) is 11.9 Å². The smallest absolute Gasteiger partial charge is 0.392 e. The third kappa shape index (κ3) is 3.70.